The number of nitrogen functional groups attached to an aromatic ring is 1. The lowest BCUT2D eigenvalue weighted by atomic mass is 9.91. The Labute approximate surface area is 372 Å². The number of hydrogen-bond donors (Lipinski definition) is 5. The number of nitrogens with two attached hydrogens (primary N) is 1. The lowest BCUT2D eigenvalue weighted by Gasteiger charge is -2.38. The van der Waals surface area contributed by atoms with Gasteiger partial charge in [-0.1, -0.05) is 0 Å². The van der Waals surface area contributed by atoms with Gasteiger partial charge in [0.15, 0.2) is 11.3 Å². The Bertz CT molecular complexity index is 2980. The number of carbonyl (C=O) groups excluding carboxylic acids is 2. The number of likely N-dealkylation sites (tertiary alicyclic amines) is 2. The summed E-state index contributed by atoms with van der Waals surface area (Å²) in [7, 11) is -2.32. The Balaban J connectivity index is 0.000000166. The van der Waals surface area contributed by atoms with E-state index in [1.165, 1.54) is 45.9 Å². The van der Waals surface area contributed by atoms with Crippen LogP contribution in [0.2, 0.25) is 0 Å². The minimum Gasteiger partial charge on any atom is -0.399 e. The van der Waals surface area contributed by atoms with Crippen LogP contribution in [0.3, 0.4) is 0 Å². The van der Waals surface area contributed by atoms with E-state index >= 15 is 0 Å². The highest BCUT2D eigenvalue weighted by Crippen LogP contribution is 2.35. The third-order valence-corrected chi connectivity index (χ3v) is 13.7. The Morgan fingerprint density at radius 1 is 0.692 bits per heavy atom. The van der Waals surface area contributed by atoms with Crippen LogP contribution < -0.4 is 26.3 Å². The van der Waals surface area contributed by atoms with Crippen LogP contribution in [0, 0.1) is 11.8 Å². The monoisotopic (exact) mass is 909 g/mol. The third-order valence-electron chi connectivity index (χ3n) is 12.7. The van der Waals surface area contributed by atoms with Gasteiger partial charge in [0, 0.05) is 56.4 Å². The maximum atomic E-state index is 13.1. The van der Waals surface area contributed by atoms with Gasteiger partial charge in [0.1, 0.15) is 23.4 Å². The van der Waals surface area contributed by atoms with Crippen molar-refractivity contribution in [1.82, 2.24) is 53.2 Å². The molecule has 10 rings (SSSR count). The summed E-state index contributed by atoms with van der Waals surface area (Å²) in [6, 6.07) is 13.6. The predicted octanol–water partition coefficient (Wildman–Crippen LogP) is 1.15. The van der Waals surface area contributed by atoms with Crippen LogP contribution in [0.25, 0.3) is 33.4 Å². The molecule has 2 saturated heterocycles. The van der Waals surface area contributed by atoms with E-state index < -0.39 is 21.4 Å². The van der Waals surface area contributed by atoms with E-state index in [4.69, 9.17) is 5.73 Å². The molecule has 2 aliphatic heterocycles. The number of nitrogens with one attached hydrogen (secondary N) is 2. The van der Waals surface area contributed by atoms with Crippen LogP contribution in [0.1, 0.15) is 51.4 Å². The molecule has 22 heteroatoms. The van der Waals surface area contributed by atoms with Crippen molar-refractivity contribution in [3.05, 3.63) is 94.3 Å². The molecule has 6 N–H and O–H groups in total. The summed E-state index contributed by atoms with van der Waals surface area (Å²) in [6.45, 7) is 2.24. The normalized spacial score (nSPS) is 18.3. The fourth-order valence-corrected chi connectivity index (χ4v) is 8.96. The second-order valence-corrected chi connectivity index (χ2v) is 19.2. The summed E-state index contributed by atoms with van der Waals surface area (Å²) in [4.78, 5) is 63.1. The third kappa shape index (κ3) is 9.37. The minimum atomic E-state index is -3.63. The van der Waals surface area contributed by atoms with Crippen molar-refractivity contribution in [3.63, 3.8) is 0 Å². The number of aromatic nitrogens is 8. The number of rotatable bonds is 11. The van der Waals surface area contributed by atoms with Crippen molar-refractivity contribution in [3.8, 4) is 11.4 Å². The highest BCUT2D eigenvalue weighted by atomic mass is 32.2. The molecule has 2 saturated carbocycles. The van der Waals surface area contributed by atoms with Crippen molar-refractivity contribution in [2.45, 2.75) is 75.7 Å². The Morgan fingerprint density at radius 2 is 1.09 bits per heavy atom. The van der Waals surface area contributed by atoms with Gasteiger partial charge in [-0.25, -0.2) is 24.1 Å². The second kappa shape index (κ2) is 17.1. The number of fused-ring (bicyclic) bond motifs is 2. The molecule has 0 spiro atoms. The Hall–Kier alpha value is -6.49. The topological polar surface area (TPSA) is 271 Å². The molecule has 4 aliphatic rings. The highest BCUT2D eigenvalue weighted by molar-refractivity contribution is 7.90. The van der Waals surface area contributed by atoms with Gasteiger partial charge in [0.25, 0.3) is 21.3 Å². The average Bonchev–Trinajstić information content (AvgIpc) is 4.24. The van der Waals surface area contributed by atoms with Crippen LogP contribution >= 0.6 is 0 Å². The number of amides is 2. The maximum absolute atomic E-state index is 13.1. The van der Waals surface area contributed by atoms with Crippen LogP contribution in [0.5, 0.6) is 0 Å². The summed E-state index contributed by atoms with van der Waals surface area (Å²) >= 11 is 0. The Kier molecular flexibility index (Phi) is 11.5. The number of anilines is 2. The SMILES string of the molecule is CNS(=O)(=O)Nc1ccc(-n2ncc3c(=O)n(CC4(O)CCN(C(=O)C5CC5)CC4)cnc32)cc1.Nc1ccc(-n2ncc3c(=O)n(CC4(O)CCN(C(=O)C5CC5)CC4)cnc32)cc1. The van der Waals surface area contributed by atoms with Gasteiger partial charge < -0.3 is 25.7 Å². The number of hydrogen-bond acceptors (Lipinski definition) is 13. The molecule has 2 aliphatic carbocycles. The largest absolute Gasteiger partial charge is 0.399 e. The molecule has 2 aromatic carbocycles. The Morgan fingerprint density at radius 3 is 1.48 bits per heavy atom. The maximum Gasteiger partial charge on any atom is 0.298 e. The first-order valence-electron chi connectivity index (χ1n) is 21.7. The van der Waals surface area contributed by atoms with Crippen molar-refractivity contribution in [2.24, 2.45) is 11.8 Å². The van der Waals surface area contributed by atoms with Gasteiger partial charge in [-0.05, 0) is 99.9 Å². The fourth-order valence-electron chi connectivity index (χ4n) is 8.41. The summed E-state index contributed by atoms with van der Waals surface area (Å²) in [5.74, 6) is 0.711. The van der Waals surface area contributed by atoms with Gasteiger partial charge >= 0.3 is 0 Å². The number of aliphatic hydroxyl groups is 2. The van der Waals surface area contributed by atoms with E-state index in [1.54, 1.807) is 41.1 Å². The molecule has 6 aromatic rings. The molecule has 0 bridgehead atoms. The summed E-state index contributed by atoms with van der Waals surface area (Å²) in [5, 5.41) is 31.4. The van der Waals surface area contributed by atoms with Crippen molar-refractivity contribution >= 4 is 55.5 Å². The first-order chi connectivity index (χ1) is 31.1. The van der Waals surface area contributed by atoms with E-state index in [-0.39, 0.29) is 47.9 Å². The molecule has 2 amide bonds. The molecule has 0 atom stereocenters. The number of benzene rings is 2. The molecule has 0 radical (unpaired) electrons. The van der Waals surface area contributed by atoms with Gasteiger partial charge in [-0.2, -0.15) is 18.6 Å². The van der Waals surface area contributed by atoms with E-state index in [9.17, 15) is 37.8 Å². The van der Waals surface area contributed by atoms with Crippen molar-refractivity contribution in [2.75, 3.05) is 43.7 Å². The molecular weight excluding hydrogens is 859 g/mol. The van der Waals surface area contributed by atoms with Crippen molar-refractivity contribution < 1.29 is 28.2 Å². The summed E-state index contributed by atoms with van der Waals surface area (Å²) in [6.07, 6.45) is 11.3. The summed E-state index contributed by atoms with van der Waals surface area (Å²) in [5.41, 5.74) is 6.23. The zero-order valence-electron chi connectivity index (χ0n) is 35.8. The standard InChI is InChI=1S/C22H27N7O5S.C21H24N6O3/c1-23-35(33,34)26-16-4-6-17(7-5-16)29-19-18(12-25-29)21(31)28(14-24-19)13-22(32)8-10-27(11-9-22)20(30)15-2-3-15;22-15-3-5-16(6-4-15)27-18-17(11-24-27)20(29)26(13-23-18)12-21(30)7-9-25(10-8-21)19(28)14-1-2-14/h4-7,12,14-15,23,26,32H,2-3,8-11,13H2,1H3;3-6,11,13-14,30H,1-2,7-10,12,22H2. The number of nitrogens with zero attached hydrogens (tertiary/aromatic N) is 10. The minimum absolute atomic E-state index is 0.0890. The van der Waals surface area contributed by atoms with Gasteiger partial charge in [0.2, 0.25) is 11.8 Å². The lowest BCUT2D eigenvalue weighted by molar-refractivity contribution is -0.138. The highest BCUT2D eigenvalue weighted by Gasteiger charge is 2.41. The molecule has 0 unspecified atom stereocenters. The zero-order chi connectivity index (χ0) is 45.7. The summed E-state index contributed by atoms with van der Waals surface area (Å²) < 4.78 is 33.8. The zero-order valence-corrected chi connectivity index (χ0v) is 36.6. The number of carbonyl (C=O) groups is 2. The number of piperidine rings is 2. The molecule has 65 heavy (non-hydrogen) atoms. The van der Waals surface area contributed by atoms with Crippen molar-refractivity contribution in [1.29, 1.82) is 0 Å². The molecule has 4 aromatic heterocycles. The quantitative estimate of drug-likeness (QED) is 0.114. The first-order valence-corrected chi connectivity index (χ1v) is 23.2. The fraction of sp³-hybridized carbons (Fsp3) is 0.442. The van der Waals surface area contributed by atoms with E-state index in [2.05, 4.69) is 29.6 Å². The molecule has 4 fully saturated rings. The van der Waals surface area contributed by atoms with Crippen LogP contribution in [-0.2, 0) is 32.9 Å². The molecule has 21 nitrogen and oxygen atoms in total. The van der Waals surface area contributed by atoms with Crippen LogP contribution in [0.4, 0.5) is 11.4 Å². The van der Waals surface area contributed by atoms with E-state index in [1.807, 2.05) is 21.9 Å². The lowest BCUT2D eigenvalue weighted by Crippen LogP contribution is -2.50. The van der Waals surface area contributed by atoms with E-state index in [0.717, 1.165) is 31.4 Å². The van der Waals surface area contributed by atoms with Gasteiger partial charge in [0.05, 0.1) is 48.1 Å². The molecule has 342 valence electrons. The smallest absolute Gasteiger partial charge is 0.298 e. The molecule has 6 heterocycles. The van der Waals surface area contributed by atoms with Gasteiger partial charge in [-0.3, -0.25) is 33.0 Å². The average molecular weight is 910 g/mol. The first kappa shape index (κ1) is 43.7. The van der Waals surface area contributed by atoms with E-state index in [0.29, 0.717) is 91.0 Å². The second-order valence-electron chi connectivity index (χ2n) is 17.5. The van der Waals surface area contributed by atoms with Gasteiger partial charge in [-0.15, -0.1) is 0 Å². The predicted molar refractivity (Wildman–Crippen MR) is 239 cm³/mol. The van der Waals surface area contributed by atoms with Crippen LogP contribution in [-0.4, -0.2) is 123 Å². The van der Waals surface area contributed by atoms with Crippen LogP contribution in [0.15, 0.2) is 83.2 Å². The molecular formula is C43H51N13O8S.